The first kappa shape index (κ1) is 87.1. The molecule has 0 bridgehead atoms. The van der Waals surface area contributed by atoms with E-state index in [1.807, 2.05) is 0 Å². The number of phosphoric acid groups is 2. The smallest absolute Gasteiger partial charge is 0.462 e. The van der Waals surface area contributed by atoms with E-state index in [9.17, 15) is 43.2 Å². The van der Waals surface area contributed by atoms with E-state index in [2.05, 4.69) is 41.5 Å². The normalized spacial score (nSPS) is 14.4. The lowest BCUT2D eigenvalue weighted by molar-refractivity contribution is -0.161. The second kappa shape index (κ2) is 62.2. The summed E-state index contributed by atoms with van der Waals surface area (Å²) in [4.78, 5) is 72.5. The molecule has 0 rings (SSSR count). The zero-order chi connectivity index (χ0) is 65.7. The first-order valence-corrected chi connectivity index (χ1v) is 39.5. The Balaban J connectivity index is 5.25. The molecule has 0 saturated heterocycles. The summed E-state index contributed by atoms with van der Waals surface area (Å²) in [5, 5.41) is 10.6. The van der Waals surface area contributed by atoms with E-state index in [0.717, 1.165) is 102 Å². The lowest BCUT2D eigenvalue weighted by Gasteiger charge is -2.21. The van der Waals surface area contributed by atoms with Crippen LogP contribution in [-0.2, 0) is 65.4 Å². The number of hydrogen-bond acceptors (Lipinski definition) is 15. The molecule has 0 saturated carbocycles. The summed E-state index contributed by atoms with van der Waals surface area (Å²) in [6.07, 6.45) is 47.2. The van der Waals surface area contributed by atoms with Gasteiger partial charge < -0.3 is 33.8 Å². The van der Waals surface area contributed by atoms with Crippen LogP contribution in [0.5, 0.6) is 0 Å². The zero-order valence-electron chi connectivity index (χ0n) is 57.7. The zero-order valence-corrected chi connectivity index (χ0v) is 59.5. The third kappa shape index (κ3) is 63.2. The van der Waals surface area contributed by atoms with Crippen LogP contribution >= 0.6 is 15.6 Å². The average molecular weight is 1310 g/mol. The van der Waals surface area contributed by atoms with Gasteiger partial charge in [0.05, 0.1) is 26.4 Å². The Kier molecular flexibility index (Phi) is 60.8. The molecule has 0 radical (unpaired) electrons. The van der Waals surface area contributed by atoms with Crippen LogP contribution in [0.3, 0.4) is 0 Å². The number of phosphoric ester groups is 2. The number of esters is 4. The molecular formula is C70H136O17P2. The Morgan fingerprint density at radius 3 is 0.854 bits per heavy atom. The van der Waals surface area contributed by atoms with Crippen molar-refractivity contribution in [1.82, 2.24) is 0 Å². The van der Waals surface area contributed by atoms with E-state index >= 15 is 0 Å². The minimum absolute atomic E-state index is 0.104. The summed E-state index contributed by atoms with van der Waals surface area (Å²) < 4.78 is 68.3. The van der Waals surface area contributed by atoms with Gasteiger partial charge in [0.25, 0.3) is 0 Å². The van der Waals surface area contributed by atoms with Crippen LogP contribution in [0.2, 0.25) is 0 Å². The highest BCUT2D eigenvalue weighted by Gasteiger charge is 2.30. The van der Waals surface area contributed by atoms with Crippen LogP contribution in [0.1, 0.15) is 356 Å². The number of aliphatic hydroxyl groups excluding tert-OH is 1. The minimum atomic E-state index is -4.95. The van der Waals surface area contributed by atoms with Gasteiger partial charge in [0.2, 0.25) is 0 Å². The van der Waals surface area contributed by atoms with E-state index in [-0.39, 0.29) is 25.7 Å². The summed E-state index contributed by atoms with van der Waals surface area (Å²) in [6, 6.07) is 0. The third-order valence-corrected chi connectivity index (χ3v) is 18.5. The van der Waals surface area contributed by atoms with Gasteiger partial charge in [0.15, 0.2) is 12.2 Å². The quantitative estimate of drug-likeness (QED) is 0.0222. The van der Waals surface area contributed by atoms with Crippen molar-refractivity contribution in [3.63, 3.8) is 0 Å². The molecule has 0 aromatic carbocycles. The largest absolute Gasteiger partial charge is 0.472 e. The highest BCUT2D eigenvalue weighted by atomic mass is 31.2. The minimum Gasteiger partial charge on any atom is -0.462 e. The molecule has 17 nitrogen and oxygen atoms in total. The number of carbonyl (C=O) groups excluding carboxylic acids is 4. The van der Waals surface area contributed by atoms with Crippen LogP contribution < -0.4 is 0 Å². The molecule has 0 spiro atoms. The Labute approximate surface area is 543 Å². The first-order valence-electron chi connectivity index (χ1n) is 36.5. The maximum Gasteiger partial charge on any atom is 0.472 e. The predicted molar refractivity (Wildman–Crippen MR) is 358 cm³/mol. The lowest BCUT2D eigenvalue weighted by atomic mass is 9.99. The second-order valence-electron chi connectivity index (χ2n) is 26.0. The van der Waals surface area contributed by atoms with Crippen LogP contribution in [0.4, 0.5) is 0 Å². The molecule has 0 amide bonds. The van der Waals surface area contributed by atoms with Crippen LogP contribution in [0, 0.1) is 11.8 Å². The molecule has 0 heterocycles. The average Bonchev–Trinajstić information content (AvgIpc) is 3.53. The SMILES string of the molecule is CCCCCCCCCCCCCCCCCC(=O)O[C@H](COC(=O)CCCCCCCCCCCCCCC)COP(=O)(O)OC[C@@H](O)COP(=O)(O)OC[C@@H](COC(=O)CCCCCCCCC(C)C)OC(=O)CCCCCCCCCCC(C)CC. The Bertz CT molecular complexity index is 1740. The van der Waals surface area contributed by atoms with Crippen LogP contribution in [0.15, 0.2) is 0 Å². The summed E-state index contributed by atoms with van der Waals surface area (Å²) in [6.45, 7) is 9.47. The molecule has 3 unspecified atom stereocenters. The van der Waals surface area contributed by atoms with Gasteiger partial charge in [-0.15, -0.1) is 0 Å². The van der Waals surface area contributed by atoms with E-state index in [1.54, 1.807) is 0 Å². The van der Waals surface area contributed by atoms with E-state index < -0.39 is 97.5 Å². The third-order valence-electron chi connectivity index (χ3n) is 16.6. The highest BCUT2D eigenvalue weighted by Crippen LogP contribution is 2.45. The van der Waals surface area contributed by atoms with Crippen molar-refractivity contribution in [2.75, 3.05) is 39.6 Å². The number of ether oxygens (including phenoxy) is 4. The number of hydrogen-bond donors (Lipinski definition) is 3. The molecular weight excluding hydrogens is 1170 g/mol. The molecule has 89 heavy (non-hydrogen) atoms. The fourth-order valence-corrected chi connectivity index (χ4v) is 12.1. The Morgan fingerprint density at radius 1 is 0.326 bits per heavy atom. The van der Waals surface area contributed by atoms with Gasteiger partial charge >= 0.3 is 39.5 Å². The number of aliphatic hydroxyl groups is 1. The van der Waals surface area contributed by atoms with Crippen molar-refractivity contribution < 1.29 is 80.2 Å². The Hall–Kier alpha value is -1.94. The van der Waals surface area contributed by atoms with Gasteiger partial charge in [-0.05, 0) is 37.5 Å². The summed E-state index contributed by atoms with van der Waals surface area (Å²) in [5.41, 5.74) is 0. The molecule has 0 aliphatic heterocycles. The van der Waals surface area contributed by atoms with Gasteiger partial charge in [-0.2, -0.15) is 0 Å². The topological polar surface area (TPSA) is 237 Å². The van der Waals surface area contributed by atoms with Gasteiger partial charge in [0, 0.05) is 25.7 Å². The number of rotatable bonds is 69. The van der Waals surface area contributed by atoms with Gasteiger partial charge in [-0.25, -0.2) is 9.13 Å². The van der Waals surface area contributed by atoms with Crippen molar-refractivity contribution in [2.45, 2.75) is 374 Å². The van der Waals surface area contributed by atoms with Crippen LogP contribution in [0.25, 0.3) is 0 Å². The maximum absolute atomic E-state index is 13.0. The van der Waals surface area contributed by atoms with Crippen molar-refractivity contribution in [3.8, 4) is 0 Å². The molecule has 0 aliphatic rings. The number of carbonyl (C=O) groups is 4. The molecule has 528 valence electrons. The first-order chi connectivity index (χ1) is 42.9. The molecule has 19 heteroatoms. The maximum atomic E-state index is 13.0. The van der Waals surface area contributed by atoms with Crippen molar-refractivity contribution in [1.29, 1.82) is 0 Å². The standard InChI is InChI=1S/C70H136O17P2/c1-7-10-12-14-16-18-20-22-23-25-27-29-34-42-48-54-69(74)86-65(58-80-67(72)52-46-40-33-28-26-24-21-19-17-15-13-11-8-2)60-84-88(76,77)82-56-64(71)57-83-89(78,79)85-61-66(59-81-68(73)53-47-41-37-36-38-44-50-62(4)5)87-70(75)55-49-43-35-31-30-32-39-45-51-63(6)9-3/h62-66,71H,7-61H2,1-6H3,(H,76,77)(H,78,79)/t63?,64-,65-,66-/m1/s1. The molecule has 3 N–H and O–H groups in total. The van der Waals surface area contributed by atoms with Crippen LogP contribution in [-0.4, -0.2) is 96.7 Å². The van der Waals surface area contributed by atoms with E-state index in [1.165, 1.54) is 167 Å². The molecule has 6 atom stereocenters. The molecule has 0 aliphatic carbocycles. The summed E-state index contributed by atoms with van der Waals surface area (Å²) in [7, 11) is -9.90. The fourth-order valence-electron chi connectivity index (χ4n) is 10.6. The highest BCUT2D eigenvalue weighted by molar-refractivity contribution is 7.47. The van der Waals surface area contributed by atoms with Crippen molar-refractivity contribution in [2.24, 2.45) is 11.8 Å². The molecule has 0 fully saturated rings. The van der Waals surface area contributed by atoms with Gasteiger partial charge in [0.1, 0.15) is 19.3 Å². The van der Waals surface area contributed by atoms with E-state index in [4.69, 9.17) is 37.0 Å². The van der Waals surface area contributed by atoms with Gasteiger partial charge in [-0.3, -0.25) is 37.3 Å². The number of unbranched alkanes of at least 4 members (excludes halogenated alkanes) is 38. The lowest BCUT2D eigenvalue weighted by Crippen LogP contribution is -2.30. The monoisotopic (exact) mass is 1310 g/mol. The van der Waals surface area contributed by atoms with Crippen molar-refractivity contribution in [3.05, 3.63) is 0 Å². The van der Waals surface area contributed by atoms with Gasteiger partial charge in [-0.1, -0.05) is 305 Å². The fraction of sp³-hybridized carbons (Fsp3) is 0.943. The Morgan fingerprint density at radius 2 is 0.573 bits per heavy atom. The van der Waals surface area contributed by atoms with Crippen molar-refractivity contribution >= 4 is 39.5 Å². The van der Waals surface area contributed by atoms with E-state index in [0.29, 0.717) is 31.6 Å². The predicted octanol–water partition coefficient (Wildman–Crippen LogP) is 20.0. The molecule has 0 aromatic heterocycles. The molecule has 0 aromatic rings. The summed E-state index contributed by atoms with van der Waals surface area (Å²) >= 11 is 0. The second-order valence-corrected chi connectivity index (χ2v) is 28.9. The summed E-state index contributed by atoms with van der Waals surface area (Å²) in [5.74, 6) is -0.677.